The van der Waals surface area contributed by atoms with Crippen LogP contribution in [0.4, 0.5) is 4.79 Å². The van der Waals surface area contributed by atoms with E-state index in [1.807, 2.05) is 37.1 Å². The van der Waals surface area contributed by atoms with Crippen molar-refractivity contribution >= 4 is 17.7 Å². The zero-order chi connectivity index (χ0) is 23.4. The van der Waals surface area contributed by atoms with Gasteiger partial charge in [-0.25, -0.2) is 4.79 Å². The molecule has 2 fully saturated rings. The van der Waals surface area contributed by atoms with Gasteiger partial charge in [0.1, 0.15) is 0 Å². The lowest BCUT2D eigenvalue weighted by atomic mass is 9.73. The van der Waals surface area contributed by atoms with E-state index in [9.17, 15) is 9.59 Å². The molecule has 0 spiro atoms. The molecular weight excluding hydrogens is 424 g/mol. The molecule has 1 aromatic rings. The molecule has 2 unspecified atom stereocenters. The number of hydrogen-bond acceptors (Lipinski definition) is 7. The van der Waals surface area contributed by atoms with Crippen LogP contribution in [0.15, 0.2) is 23.3 Å². The summed E-state index contributed by atoms with van der Waals surface area (Å²) in [5.74, 6) is 1.50. The first kappa shape index (κ1) is 23.4. The van der Waals surface area contributed by atoms with Crippen LogP contribution in [0, 0.1) is 11.8 Å². The quantitative estimate of drug-likeness (QED) is 0.651. The van der Waals surface area contributed by atoms with Crippen molar-refractivity contribution < 1.29 is 23.8 Å². The number of carbonyl (C=O) groups excluding carboxylic acids is 2. The molecule has 33 heavy (non-hydrogen) atoms. The van der Waals surface area contributed by atoms with Crippen LogP contribution in [0.3, 0.4) is 0 Å². The Morgan fingerprint density at radius 2 is 1.67 bits per heavy atom. The van der Waals surface area contributed by atoms with Gasteiger partial charge in [-0.2, -0.15) is 15.2 Å². The van der Waals surface area contributed by atoms with Crippen LogP contribution in [0.5, 0.6) is 11.5 Å². The van der Waals surface area contributed by atoms with Crippen molar-refractivity contribution in [2.24, 2.45) is 16.9 Å². The third-order valence-electron chi connectivity index (χ3n) is 6.63. The average molecular weight is 459 g/mol. The van der Waals surface area contributed by atoms with Crippen molar-refractivity contribution in [2.75, 3.05) is 46.5 Å². The second-order valence-corrected chi connectivity index (χ2v) is 8.55. The standard InChI is InChI=1S/C24H34N4O5/c1-4-32-20-11-10-17(16-21(20)33-5-2)22-18-8-6-7-9-19(18)23(29)28(25-22)27-14-12-26(13-15-27)24(30)31-3/h10-11,16,18-19H,4-9,12-15H2,1-3H3. The van der Waals surface area contributed by atoms with Crippen molar-refractivity contribution in [3.05, 3.63) is 23.8 Å². The number of benzene rings is 1. The summed E-state index contributed by atoms with van der Waals surface area (Å²) in [6.45, 7) is 7.05. The Bertz CT molecular complexity index is 897. The van der Waals surface area contributed by atoms with Crippen LogP contribution < -0.4 is 9.47 Å². The van der Waals surface area contributed by atoms with Crippen LogP contribution in [0.1, 0.15) is 45.1 Å². The van der Waals surface area contributed by atoms with E-state index in [1.165, 1.54) is 7.11 Å². The Morgan fingerprint density at radius 3 is 2.33 bits per heavy atom. The summed E-state index contributed by atoms with van der Waals surface area (Å²) in [5.41, 5.74) is 1.89. The SMILES string of the molecule is CCOc1ccc(C2=NN(N3CCN(C(=O)OC)CC3)C(=O)C3CCCCC23)cc1OCC. The predicted molar refractivity (Wildman–Crippen MR) is 123 cm³/mol. The predicted octanol–water partition coefficient (Wildman–Crippen LogP) is 3.14. The van der Waals surface area contributed by atoms with Crippen molar-refractivity contribution in [1.29, 1.82) is 0 Å². The fraction of sp³-hybridized carbons (Fsp3) is 0.625. The van der Waals surface area contributed by atoms with E-state index in [1.54, 1.807) is 10.0 Å². The summed E-state index contributed by atoms with van der Waals surface area (Å²) in [6, 6.07) is 5.93. The minimum Gasteiger partial charge on any atom is -0.490 e. The van der Waals surface area contributed by atoms with Gasteiger partial charge >= 0.3 is 6.09 Å². The molecule has 0 radical (unpaired) electrons. The number of methoxy groups -OCH3 is 1. The molecule has 9 heteroatoms. The maximum absolute atomic E-state index is 13.4. The van der Waals surface area contributed by atoms with Gasteiger partial charge in [-0.1, -0.05) is 12.8 Å². The van der Waals surface area contributed by atoms with Crippen LogP contribution in [-0.2, 0) is 9.53 Å². The third-order valence-corrected chi connectivity index (χ3v) is 6.63. The van der Waals surface area contributed by atoms with Crippen molar-refractivity contribution in [2.45, 2.75) is 39.5 Å². The van der Waals surface area contributed by atoms with Gasteiger partial charge in [0.15, 0.2) is 11.5 Å². The largest absolute Gasteiger partial charge is 0.490 e. The number of ether oxygens (including phenoxy) is 3. The fourth-order valence-corrected chi connectivity index (χ4v) is 5.01. The van der Waals surface area contributed by atoms with E-state index in [-0.39, 0.29) is 23.8 Å². The number of fused-ring (bicyclic) bond motifs is 1. The maximum Gasteiger partial charge on any atom is 0.409 e. The first-order valence-corrected chi connectivity index (χ1v) is 12.0. The normalized spacial score (nSPS) is 23.6. The smallest absolute Gasteiger partial charge is 0.409 e. The summed E-state index contributed by atoms with van der Waals surface area (Å²) >= 11 is 0. The third kappa shape index (κ3) is 4.78. The summed E-state index contributed by atoms with van der Waals surface area (Å²) in [7, 11) is 1.38. The molecule has 2 aliphatic heterocycles. The number of piperazine rings is 1. The zero-order valence-corrected chi connectivity index (χ0v) is 19.8. The first-order valence-electron chi connectivity index (χ1n) is 12.0. The van der Waals surface area contributed by atoms with E-state index in [4.69, 9.17) is 19.3 Å². The van der Waals surface area contributed by atoms with Gasteiger partial charge in [-0.05, 0) is 44.9 Å². The van der Waals surface area contributed by atoms with E-state index in [0.717, 1.165) is 37.0 Å². The highest BCUT2D eigenvalue weighted by Gasteiger charge is 2.43. The van der Waals surface area contributed by atoms with Gasteiger partial charge in [0.2, 0.25) is 0 Å². The molecule has 4 rings (SSSR count). The van der Waals surface area contributed by atoms with E-state index < -0.39 is 0 Å². The highest BCUT2D eigenvalue weighted by Crippen LogP contribution is 2.39. The van der Waals surface area contributed by atoms with E-state index in [0.29, 0.717) is 50.9 Å². The molecule has 2 atom stereocenters. The number of nitrogens with zero attached hydrogens (tertiary/aromatic N) is 4. The topological polar surface area (TPSA) is 83.9 Å². The number of amides is 2. The number of rotatable bonds is 6. The Morgan fingerprint density at radius 1 is 1.00 bits per heavy atom. The Labute approximate surface area is 195 Å². The van der Waals surface area contributed by atoms with E-state index in [2.05, 4.69) is 0 Å². The summed E-state index contributed by atoms with van der Waals surface area (Å²) in [5, 5.41) is 8.42. The second-order valence-electron chi connectivity index (χ2n) is 8.55. The molecule has 9 nitrogen and oxygen atoms in total. The Hall–Kier alpha value is -2.81. The summed E-state index contributed by atoms with van der Waals surface area (Å²) in [4.78, 5) is 26.9. The molecule has 0 N–H and O–H groups in total. The second kappa shape index (κ2) is 10.4. The lowest BCUT2D eigenvalue weighted by molar-refractivity contribution is -0.161. The van der Waals surface area contributed by atoms with Crippen molar-refractivity contribution in [1.82, 2.24) is 15.0 Å². The first-order chi connectivity index (χ1) is 16.1. The van der Waals surface area contributed by atoms with Gasteiger partial charge in [0, 0.05) is 43.6 Å². The van der Waals surface area contributed by atoms with Gasteiger partial charge < -0.3 is 19.1 Å². The average Bonchev–Trinajstić information content (AvgIpc) is 2.85. The molecule has 0 bridgehead atoms. The molecule has 1 aliphatic carbocycles. The minimum atomic E-state index is -0.339. The molecule has 2 heterocycles. The molecule has 1 saturated carbocycles. The van der Waals surface area contributed by atoms with Crippen molar-refractivity contribution in [3.8, 4) is 11.5 Å². The summed E-state index contributed by atoms with van der Waals surface area (Å²) < 4.78 is 16.4. The molecular formula is C24H34N4O5. The Kier molecular flexibility index (Phi) is 7.37. The lowest BCUT2D eigenvalue weighted by Gasteiger charge is -2.44. The molecule has 180 valence electrons. The molecule has 3 aliphatic rings. The Balaban J connectivity index is 1.65. The lowest BCUT2D eigenvalue weighted by Crippen LogP contribution is -2.58. The highest BCUT2D eigenvalue weighted by atomic mass is 16.5. The van der Waals surface area contributed by atoms with Crippen LogP contribution in [0.25, 0.3) is 0 Å². The van der Waals surface area contributed by atoms with Gasteiger partial charge in [-0.15, -0.1) is 0 Å². The molecule has 2 amide bonds. The van der Waals surface area contributed by atoms with Crippen LogP contribution in [0.2, 0.25) is 0 Å². The number of carbonyl (C=O) groups is 2. The highest BCUT2D eigenvalue weighted by molar-refractivity contribution is 6.07. The maximum atomic E-state index is 13.4. The zero-order valence-electron chi connectivity index (χ0n) is 19.8. The van der Waals surface area contributed by atoms with E-state index >= 15 is 0 Å². The molecule has 1 aromatic carbocycles. The minimum absolute atomic E-state index is 0.0611. The van der Waals surface area contributed by atoms with Gasteiger partial charge in [0.05, 0.1) is 26.0 Å². The van der Waals surface area contributed by atoms with Gasteiger partial charge in [0.25, 0.3) is 5.91 Å². The fourth-order valence-electron chi connectivity index (χ4n) is 5.01. The van der Waals surface area contributed by atoms with Crippen LogP contribution in [-0.4, -0.2) is 79.2 Å². The number of hydrazone groups is 1. The monoisotopic (exact) mass is 458 g/mol. The number of hydrazine groups is 1. The molecule has 0 aromatic heterocycles. The van der Waals surface area contributed by atoms with Crippen molar-refractivity contribution in [3.63, 3.8) is 0 Å². The van der Waals surface area contributed by atoms with Crippen LogP contribution >= 0.6 is 0 Å². The molecule has 1 saturated heterocycles. The van der Waals surface area contributed by atoms with Gasteiger partial charge in [-0.3, -0.25) is 4.79 Å². The summed E-state index contributed by atoms with van der Waals surface area (Å²) in [6.07, 6.45) is 3.64. The number of hydrogen-bond donors (Lipinski definition) is 0.